The minimum Gasteiger partial charge on any atom is -0.463 e. The molecule has 2 bridgehead atoms. The van der Waals surface area contributed by atoms with Crippen molar-refractivity contribution >= 4 is 23.5 Å². The summed E-state index contributed by atoms with van der Waals surface area (Å²) in [6.45, 7) is 6.10. The van der Waals surface area contributed by atoms with Crippen molar-refractivity contribution in [2.75, 3.05) is 6.61 Å². The molecule has 6 nitrogen and oxygen atoms in total. The van der Waals surface area contributed by atoms with Gasteiger partial charge in [0.1, 0.15) is 12.7 Å². The van der Waals surface area contributed by atoms with E-state index in [1.54, 1.807) is 0 Å². The second kappa shape index (κ2) is 3.79. The molecule has 132 valence electrons. The van der Waals surface area contributed by atoms with Crippen LogP contribution in [-0.4, -0.2) is 52.4 Å². The molecule has 2 saturated carbocycles. The van der Waals surface area contributed by atoms with Gasteiger partial charge in [0.05, 0.1) is 16.4 Å². The van der Waals surface area contributed by atoms with Crippen LogP contribution in [0.25, 0.3) is 0 Å². The number of alkyl halides is 1. The van der Waals surface area contributed by atoms with Crippen molar-refractivity contribution in [3.8, 4) is 0 Å². The normalized spacial score (nSPS) is 57.6. The van der Waals surface area contributed by atoms with Crippen LogP contribution in [0.3, 0.4) is 0 Å². The second-order valence-corrected chi connectivity index (χ2v) is 9.68. The Kier molecular flexibility index (Phi) is 2.43. The summed E-state index contributed by atoms with van der Waals surface area (Å²) in [7, 11) is 0. The summed E-state index contributed by atoms with van der Waals surface area (Å²) in [5.41, 5.74) is -4.28. The van der Waals surface area contributed by atoms with E-state index >= 15 is 0 Å². The summed E-state index contributed by atoms with van der Waals surface area (Å²) in [5, 5.41) is 10.7. The first-order valence-corrected chi connectivity index (χ1v) is 8.92. The lowest BCUT2D eigenvalue weighted by Crippen LogP contribution is -2.60. The maximum atomic E-state index is 12.8. The summed E-state index contributed by atoms with van der Waals surface area (Å²) in [6.07, 6.45) is -0.437. The Balaban J connectivity index is 1.86. The van der Waals surface area contributed by atoms with E-state index in [2.05, 4.69) is 0 Å². The molecule has 3 saturated heterocycles. The molecule has 0 aromatic carbocycles. The summed E-state index contributed by atoms with van der Waals surface area (Å²) in [6, 6.07) is 0. The zero-order valence-corrected chi connectivity index (χ0v) is 14.7. The van der Waals surface area contributed by atoms with Crippen LogP contribution >= 0.6 is 11.6 Å². The lowest BCUT2D eigenvalue weighted by Gasteiger charge is -2.49. The molecule has 1 N–H and O–H groups in total. The van der Waals surface area contributed by atoms with Crippen molar-refractivity contribution in [2.45, 2.75) is 68.8 Å². The summed E-state index contributed by atoms with van der Waals surface area (Å²) >= 11 is 6.47. The predicted octanol–water partition coefficient (Wildman–Crippen LogP) is 1.16. The van der Waals surface area contributed by atoms with Gasteiger partial charge >= 0.3 is 11.9 Å². The second-order valence-electron chi connectivity index (χ2n) is 9.06. The molecule has 0 radical (unpaired) electrons. The van der Waals surface area contributed by atoms with E-state index in [-0.39, 0.29) is 12.0 Å². The van der Waals surface area contributed by atoms with Crippen LogP contribution < -0.4 is 0 Å². The minimum absolute atomic E-state index is 0.0444. The first kappa shape index (κ1) is 15.4. The number of carbonyl (C=O) groups is 2. The van der Waals surface area contributed by atoms with Crippen molar-refractivity contribution < 1.29 is 28.9 Å². The van der Waals surface area contributed by atoms with E-state index < -0.39 is 51.6 Å². The van der Waals surface area contributed by atoms with E-state index in [1.807, 2.05) is 20.8 Å². The number of halogens is 1. The zero-order chi connectivity index (χ0) is 17.3. The molecule has 7 heteroatoms. The van der Waals surface area contributed by atoms with Crippen LogP contribution in [0.1, 0.15) is 40.0 Å². The van der Waals surface area contributed by atoms with Gasteiger partial charge in [-0.15, -0.1) is 11.6 Å². The Morgan fingerprint density at radius 3 is 2.46 bits per heavy atom. The van der Waals surface area contributed by atoms with E-state index in [0.29, 0.717) is 19.3 Å². The van der Waals surface area contributed by atoms with Crippen LogP contribution in [0.15, 0.2) is 0 Å². The number of rotatable bonds is 0. The predicted molar refractivity (Wildman–Crippen MR) is 81.2 cm³/mol. The SMILES string of the molecule is CC(C)(C)[C@@]12C[C@H]3OC(=O)[C@@]4(C[C@@H](Cl)CC34C13COC(=O)[C@H]3O)O2. The minimum atomic E-state index is -1.33. The highest BCUT2D eigenvalue weighted by Crippen LogP contribution is 2.84. The van der Waals surface area contributed by atoms with Gasteiger partial charge in [-0.3, -0.25) is 0 Å². The number of carbonyl (C=O) groups excluding carboxylic acids is 2. The standard InChI is InChI=1S/C17H21ClO6/c1-13(2,3)17-6-9-14(15(17)7-22-11(20)10(15)19)4-8(18)5-16(14,24-17)12(21)23-9/h8-10,19H,4-7H2,1-3H3/t8-,9+,10+,14?,15?,16+,17-/m0/s1. The average molecular weight is 357 g/mol. The molecule has 5 aliphatic rings. The first-order valence-electron chi connectivity index (χ1n) is 8.48. The van der Waals surface area contributed by atoms with Crippen LogP contribution in [0, 0.1) is 16.2 Å². The van der Waals surface area contributed by atoms with Crippen LogP contribution in [-0.2, 0) is 23.8 Å². The molecule has 24 heavy (non-hydrogen) atoms. The van der Waals surface area contributed by atoms with Crippen molar-refractivity contribution in [3.05, 3.63) is 0 Å². The fourth-order valence-corrected chi connectivity index (χ4v) is 7.36. The molecule has 3 aliphatic heterocycles. The molecule has 5 fully saturated rings. The molecular weight excluding hydrogens is 336 g/mol. The summed E-state index contributed by atoms with van der Waals surface area (Å²) < 4.78 is 17.6. The maximum absolute atomic E-state index is 12.8. The lowest BCUT2D eigenvalue weighted by atomic mass is 9.52. The molecule has 2 spiro atoms. The molecule has 0 aromatic rings. The van der Waals surface area contributed by atoms with E-state index in [4.69, 9.17) is 25.8 Å². The molecule has 0 aromatic heterocycles. The Hall–Kier alpha value is -0.850. The number of hydrogen-bond acceptors (Lipinski definition) is 6. The van der Waals surface area contributed by atoms with Crippen molar-refractivity contribution in [1.82, 2.24) is 0 Å². The highest BCUT2D eigenvalue weighted by Gasteiger charge is 2.97. The van der Waals surface area contributed by atoms with Gasteiger partial charge in [0.15, 0.2) is 11.7 Å². The van der Waals surface area contributed by atoms with Gasteiger partial charge in [0, 0.05) is 18.2 Å². The molecule has 3 heterocycles. The topological polar surface area (TPSA) is 82.1 Å². The Morgan fingerprint density at radius 1 is 1.17 bits per heavy atom. The third kappa shape index (κ3) is 1.11. The van der Waals surface area contributed by atoms with E-state index in [1.165, 1.54) is 0 Å². The number of esters is 2. The zero-order valence-electron chi connectivity index (χ0n) is 13.9. The molecule has 2 aliphatic carbocycles. The van der Waals surface area contributed by atoms with Gasteiger partial charge < -0.3 is 19.3 Å². The van der Waals surface area contributed by atoms with Crippen LogP contribution in [0.5, 0.6) is 0 Å². The highest BCUT2D eigenvalue weighted by molar-refractivity contribution is 6.21. The molecule has 0 amide bonds. The van der Waals surface area contributed by atoms with Crippen molar-refractivity contribution in [1.29, 1.82) is 0 Å². The van der Waals surface area contributed by atoms with Crippen molar-refractivity contribution in [2.24, 2.45) is 16.2 Å². The van der Waals surface area contributed by atoms with E-state index in [0.717, 1.165) is 0 Å². The van der Waals surface area contributed by atoms with Gasteiger partial charge in [0.25, 0.3) is 0 Å². The lowest BCUT2D eigenvalue weighted by molar-refractivity contribution is -0.200. The first-order chi connectivity index (χ1) is 11.1. The van der Waals surface area contributed by atoms with Gasteiger partial charge in [-0.2, -0.15) is 0 Å². The Morgan fingerprint density at radius 2 is 1.88 bits per heavy atom. The third-order valence-corrected chi connectivity index (χ3v) is 7.89. The number of aliphatic hydroxyl groups excluding tert-OH is 1. The largest absolute Gasteiger partial charge is 0.463 e. The van der Waals surface area contributed by atoms with Gasteiger partial charge in [-0.05, 0) is 11.8 Å². The Labute approximate surface area is 144 Å². The van der Waals surface area contributed by atoms with Gasteiger partial charge in [-0.25, -0.2) is 9.59 Å². The van der Waals surface area contributed by atoms with Crippen molar-refractivity contribution in [3.63, 3.8) is 0 Å². The third-order valence-electron chi connectivity index (χ3n) is 7.58. The highest BCUT2D eigenvalue weighted by atomic mass is 35.5. The molecule has 5 rings (SSSR count). The summed E-state index contributed by atoms with van der Waals surface area (Å²) in [4.78, 5) is 25.0. The molecule has 2 unspecified atom stereocenters. The Bertz CT molecular complexity index is 687. The van der Waals surface area contributed by atoms with Crippen LogP contribution in [0.4, 0.5) is 0 Å². The molecular formula is C17H21ClO6. The molecule has 7 atom stereocenters. The van der Waals surface area contributed by atoms with Gasteiger partial charge in [0.2, 0.25) is 0 Å². The fraction of sp³-hybridized carbons (Fsp3) is 0.882. The quantitative estimate of drug-likeness (QED) is 0.518. The monoisotopic (exact) mass is 356 g/mol. The van der Waals surface area contributed by atoms with Crippen LogP contribution in [0.2, 0.25) is 0 Å². The van der Waals surface area contributed by atoms with Gasteiger partial charge in [-0.1, -0.05) is 20.8 Å². The number of ether oxygens (including phenoxy) is 3. The average Bonchev–Trinajstić information content (AvgIpc) is 3.09. The summed E-state index contributed by atoms with van der Waals surface area (Å²) in [5.74, 6) is -1.04. The smallest absolute Gasteiger partial charge is 0.339 e. The number of hydrogen-bond donors (Lipinski definition) is 1. The van der Waals surface area contributed by atoms with E-state index in [9.17, 15) is 14.7 Å². The number of cyclic esters (lactones) is 1. The fourth-order valence-electron chi connectivity index (χ4n) is 6.90. The number of aliphatic hydroxyl groups is 1. The maximum Gasteiger partial charge on any atom is 0.339 e.